The highest BCUT2D eigenvalue weighted by molar-refractivity contribution is 5.97. The van der Waals surface area contributed by atoms with Gasteiger partial charge in [0.1, 0.15) is 0 Å². The lowest BCUT2D eigenvalue weighted by atomic mass is 9.86. The molecular weight excluding hydrogens is 282 g/mol. The summed E-state index contributed by atoms with van der Waals surface area (Å²) in [5.41, 5.74) is 0.596. The maximum Gasteiger partial charge on any atom is 0.287 e. The van der Waals surface area contributed by atoms with Gasteiger partial charge in [0.2, 0.25) is 0 Å². The van der Waals surface area contributed by atoms with Crippen LogP contribution in [0.4, 0.5) is 0 Å². The predicted octanol–water partition coefficient (Wildman–Crippen LogP) is 2.72. The third-order valence-electron chi connectivity index (χ3n) is 4.39. The van der Waals surface area contributed by atoms with Gasteiger partial charge < -0.3 is 19.6 Å². The number of nitrogens with one attached hydrogen (secondary N) is 1. The molecule has 5 nitrogen and oxygen atoms in total. The highest BCUT2D eigenvalue weighted by Gasteiger charge is 2.23. The van der Waals surface area contributed by atoms with Gasteiger partial charge in [0.15, 0.2) is 17.1 Å². The molecule has 1 fully saturated rings. The van der Waals surface area contributed by atoms with Gasteiger partial charge in [-0.25, -0.2) is 0 Å². The topological polar surface area (TPSA) is 71.7 Å². The van der Waals surface area contributed by atoms with E-state index in [9.17, 15) is 4.79 Å². The summed E-state index contributed by atoms with van der Waals surface area (Å²) in [6.07, 6.45) is 3.71. The summed E-state index contributed by atoms with van der Waals surface area (Å²) in [5.74, 6) is 1.12. The molecule has 0 unspecified atom stereocenters. The largest absolute Gasteiger partial charge is 0.493 e. The lowest BCUT2D eigenvalue weighted by Gasteiger charge is -2.27. The number of para-hydroxylation sites is 1. The Balaban J connectivity index is 1.70. The van der Waals surface area contributed by atoms with E-state index in [4.69, 9.17) is 14.3 Å². The molecule has 0 saturated heterocycles. The molecule has 1 aliphatic rings. The van der Waals surface area contributed by atoms with Crippen LogP contribution in [0.3, 0.4) is 0 Å². The zero-order valence-electron chi connectivity index (χ0n) is 12.7. The van der Waals surface area contributed by atoms with E-state index >= 15 is 0 Å². The van der Waals surface area contributed by atoms with Crippen molar-refractivity contribution in [3.63, 3.8) is 0 Å². The van der Waals surface area contributed by atoms with Crippen LogP contribution >= 0.6 is 0 Å². The van der Waals surface area contributed by atoms with Gasteiger partial charge >= 0.3 is 0 Å². The van der Waals surface area contributed by atoms with Gasteiger partial charge in [-0.05, 0) is 43.7 Å². The number of methoxy groups -OCH3 is 1. The van der Waals surface area contributed by atoms with Gasteiger partial charge in [-0.3, -0.25) is 4.79 Å². The normalized spacial score (nSPS) is 21.7. The van der Waals surface area contributed by atoms with Crippen LogP contribution < -0.4 is 10.1 Å². The highest BCUT2D eigenvalue weighted by atomic mass is 16.5. The summed E-state index contributed by atoms with van der Waals surface area (Å²) in [5, 5.41) is 13.0. The van der Waals surface area contributed by atoms with Crippen molar-refractivity contribution in [3.05, 3.63) is 30.0 Å². The molecule has 3 rings (SSSR count). The molecule has 0 bridgehead atoms. The first kappa shape index (κ1) is 14.9. The number of aliphatic hydroxyl groups is 1. The second kappa shape index (κ2) is 6.40. The molecule has 118 valence electrons. The quantitative estimate of drug-likeness (QED) is 0.911. The van der Waals surface area contributed by atoms with Crippen molar-refractivity contribution in [1.82, 2.24) is 5.32 Å². The molecule has 0 atom stereocenters. The van der Waals surface area contributed by atoms with Crippen LogP contribution in [0.25, 0.3) is 11.0 Å². The first-order chi connectivity index (χ1) is 10.7. The van der Waals surface area contributed by atoms with E-state index in [0.29, 0.717) is 23.0 Å². The zero-order valence-corrected chi connectivity index (χ0v) is 12.7. The number of fused-ring (bicyclic) bond motifs is 1. The minimum absolute atomic E-state index is 0.158. The van der Waals surface area contributed by atoms with Gasteiger partial charge in [0.05, 0.1) is 7.11 Å². The molecule has 0 radical (unpaired) electrons. The Morgan fingerprint density at radius 1 is 1.36 bits per heavy atom. The first-order valence-electron chi connectivity index (χ1n) is 7.69. The van der Waals surface area contributed by atoms with E-state index in [1.165, 1.54) is 0 Å². The maximum absolute atomic E-state index is 12.3. The molecule has 2 aromatic rings. The summed E-state index contributed by atoms with van der Waals surface area (Å²) in [6.45, 7) is 0.240. The lowest BCUT2D eigenvalue weighted by molar-refractivity contribution is 0.0888. The molecule has 5 heteroatoms. The summed E-state index contributed by atoms with van der Waals surface area (Å²) in [6, 6.07) is 7.47. The van der Waals surface area contributed by atoms with Crippen LogP contribution in [0.5, 0.6) is 5.75 Å². The summed E-state index contributed by atoms with van der Waals surface area (Å²) < 4.78 is 10.9. The standard InChI is InChI=1S/C17H21NO4/c1-21-14-4-2-3-12-9-15(22-16(12)14)17(20)18-13-7-5-11(10-19)6-8-13/h2-4,9,11,13,19H,5-8,10H2,1H3,(H,18,20). The fraction of sp³-hybridized carbons (Fsp3) is 0.471. The van der Waals surface area contributed by atoms with Crippen molar-refractivity contribution in [3.8, 4) is 5.75 Å². The van der Waals surface area contributed by atoms with Crippen molar-refractivity contribution in [2.45, 2.75) is 31.7 Å². The molecule has 1 heterocycles. The van der Waals surface area contributed by atoms with Crippen molar-refractivity contribution >= 4 is 16.9 Å². The Labute approximate surface area is 129 Å². The second-order valence-electron chi connectivity index (χ2n) is 5.86. The van der Waals surface area contributed by atoms with Crippen LogP contribution in [0, 0.1) is 5.92 Å². The Hall–Kier alpha value is -2.01. The number of carbonyl (C=O) groups excluding carboxylic acids is 1. The Morgan fingerprint density at radius 3 is 2.82 bits per heavy atom. The zero-order chi connectivity index (χ0) is 15.5. The van der Waals surface area contributed by atoms with Gasteiger partial charge in [0, 0.05) is 18.0 Å². The maximum atomic E-state index is 12.3. The summed E-state index contributed by atoms with van der Waals surface area (Å²) in [4.78, 5) is 12.3. The molecule has 1 aromatic carbocycles. The minimum Gasteiger partial charge on any atom is -0.493 e. The van der Waals surface area contributed by atoms with E-state index in [0.717, 1.165) is 31.1 Å². The van der Waals surface area contributed by atoms with Crippen molar-refractivity contribution < 1.29 is 19.1 Å². The number of rotatable bonds is 4. The number of carbonyl (C=O) groups is 1. The van der Waals surface area contributed by atoms with E-state index in [2.05, 4.69) is 5.32 Å². The van der Waals surface area contributed by atoms with Gasteiger partial charge in [0.25, 0.3) is 5.91 Å². The summed E-state index contributed by atoms with van der Waals surface area (Å²) in [7, 11) is 1.58. The highest BCUT2D eigenvalue weighted by Crippen LogP contribution is 2.29. The number of amides is 1. The van der Waals surface area contributed by atoms with Gasteiger partial charge in [-0.2, -0.15) is 0 Å². The van der Waals surface area contributed by atoms with E-state index in [1.807, 2.05) is 18.2 Å². The second-order valence-corrected chi connectivity index (χ2v) is 5.86. The number of furan rings is 1. The van der Waals surface area contributed by atoms with Crippen LogP contribution in [-0.2, 0) is 0 Å². The van der Waals surface area contributed by atoms with Crippen LogP contribution in [0.2, 0.25) is 0 Å². The first-order valence-corrected chi connectivity index (χ1v) is 7.69. The Morgan fingerprint density at radius 2 is 2.14 bits per heavy atom. The molecule has 22 heavy (non-hydrogen) atoms. The molecule has 0 aliphatic heterocycles. The summed E-state index contributed by atoms with van der Waals surface area (Å²) >= 11 is 0. The van der Waals surface area contributed by atoms with E-state index in [-0.39, 0.29) is 18.6 Å². The average molecular weight is 303 g/mol. The Bertz CT molecular complexity index is 656. The molecule has 1 saturated carbocycles. The van der Waals surface area contributed by atoms with Crippen molar-refractivity contribution in [1.29, 1.82) is 0 Å². The minimum atomic E-state index is -0.189. The molecular formula is C17H21NO4. The number of benzene rings is 1. The number of hydrogen-bond acceptors (Lipinski definition) is 4. The van der Waals surface area contributed by atoms with Crippen LogP contribution in [-0.4, -0.2) is 30.8 Å². The molecule has 1 aromatic heterocycles. The monoisotopic (exact) mass is 303 g/mol. The third kappa shape index (κ3) is 2.95. The van der Waals surface area contributed by atoms with E-state index < -0.39 is 0 Å². The number of ether oxygens (including phenoxy) is 1. The van der Waals surface area contributed by atoms with Gasteiger partial charge in [-0.1, -0.05) is 12.1 Å². The Kier molecular flexibility index (Phi) is 4.34. The number of hydrogen-bond donors (Lipinski definition) is 2. The smallest absolute Gasteiger partial charge is 0.287 e. The predicted molar refractivity (Wildman–Crippen MR) is 83.1 cm³/mol. The van der Waals surface area contributed by atoms with Crippen molar-refractivity contribution in [2.24, 2.45) is 5.92 Å². The van der Waals surface area contributed by atoms with E-state index in [1.54, 1.807) is 13.2 Å². The molecule has 1 amide bonds. The molecule has 2 N–H and O–H groups in total. The average Bonchev–Trinajstić information content (AvgIpc) is 2.99. The van der Waals surface area contributed by atoms with Crippen LogP contribution in [0.15, 0.2) is 28.7 Å². The third-order valence-corrected chi connectivity index (χ3v) is 4.39. The van der Waals surface area contributed by atoms with Gasteiger partial charge in [-0.15, -0.1) is 0 Å². The van der Waals surface area contributed by atoms with Crippen LogP contribution in [0.1, 0.15) is 36.2 Å². The molecule has 1 aliphatic carbocycles. The SMILES string of the molecule is COc1cccc2cc(C(=O)NC3CCC(CO)CC3)oc12. The fourth-order valence-corrected chi connectivity index (χ4v) is 3.05. The lowest BCUT2D eigenvalue weighted by Crippen LogP contribution is -2.37. The fourth-order valence-electron chi connectivity index (χ4n) is 3.05. The molecule has 0 spiro atoms. The van der Waals surface area contributed by atoms with Crippen molar-refractivity contribution in [2.75, 3.05) is 13.7 Å². The number of aliphatic hydroxyl groups excluding tert-OH is 1.